The molecule has 0 unspecified atom stereocenters. The first-order valence-electron chi connectivity index (χ1n) is 13.2. The average molecular weight is 546 g/mol. The predicted molar refractivity (Wildman–Crippen MR) is 152 cm³/mol. The van der Waals surface area contributed by atoms with Crippen LogP contribution in [0.3, 0.4) is 0 Å². The van der Waals surface area contributed by atoms with Gasteiger partial charge >= 0.3 is 6.03 Å². The Morgan fingerprint density at radius 2 is 1.82 bits per heavy atom. The lowest BCUT2D eigenvalue weighted by Crippen LogP contribution is -2.48. The molecule has 1 aliphatic rings. The summed E-state index contributed by atoms with van der Waals surface area (Å²) in [6, 6.07) is 16.9. The number of nitrogens with one attached hydrogen (secondary N) is 2. The summed E-state index contributed by atoms with van der Waals surface area (Å²) in [5.41, 5.74) is 2.26. The smallest absolute Gasteiger partial charge is 0.321 e. The SMILES string of the molecule is C[C@H]1CN([C@@H](C)CO)C(=O)Cc2cc(NC(=O)c3ccncc3)ccc2O[C@H]1CN(C)C(=O)Nc1ccccc1. The molecular weight excluding hydrogens is 510 g/mol. The molecule has 0 radical (unpaired) electrons. The van der Waals surface area contributed by atoms with E-state index in [2.05, 4.69) is 15.6 Å². The number of nitrogens with zero attached hydrogens (tertiary/aromatic N) is 3. The van der Waals surface area contributed by atoms with E-state index < -0.39 is 12.1 Å². The van der Waals surface area contributed by atoms with Crippen molar-refractivity contribution in [2.24, 2.45) is 5.92 Å². The first-order valence-corrected chi connectivity index (χ1v) is 13.2. The van der Waals surface area contributed by atoms with Crippen LogP contribution in [0.2, 0.25) is 0 Å². The van der Waals surface area contributed by atoms with Gasteiger partial charge in [0.15, 0.2) is 0 Å². The molecule has 2 heterocycles. The number of fused-ring (bicyclic) bond motifs is 1. The van der Waals surface area contributed by atoms with E-state index in [0.717, 1.165) is 0 Å². The average Bonchev–Trinajstić information content (AvgIpc) is 3.01. The monoisotopic (exact) mass is 545 g/mol. The number of urea groups is 1. The molecule has 40 heavy (non-hydrogen) atoms. The largest absolute Gasteiger partial charge is 0.488 e. The van der Waals surface area contributed by atoms with E-state index in [1.165, 1.54) is 0 Å². The Hall–Kier alpha value is -4.44. The Bertz CT molecular complexity index is 1320. The molecule has 3 N–H and O–H groups in total. The van der Waals surface area contributed by atoms with Gasteiger partial charge in [0.2, 0.25) is 5.91 Å². The fraction of sp³-hybridized carbons (Fsp3) is 0.333. The Labute approximate surface area is 234 Å². The number of para-hydroxylation sites is 1. The van der Waals surface area contributed by atoms with Crippen molar-refractivity contribution in [3.05, 3.63) is 84.2 Å². The van der Waals surface area contributed by atoms with Crippen LogP contribution >= 0.6 is 0 Å². The molecule has 0 saturated heterocycles. The van der Waals surface area contributed by atoms with E-state index in [-0.39, 0.29) is 43.3 Å². The van der Waals surface area contributed by atoms with Crippen molar-refractivity contribution < 1.29 is 24.2 Å². The molecule has 0 spiro atoms. The highest BCUT2D eigenvalue weighted by Crippen LogP contribution is 2.29. The number of hydrogen-bond donors (Lipinski definition) is 3. The zero-order valence-electron chi connectivity index (χ0n) is 22.9. The van der Waals surface area contributed by atoms with Gasteiger partial charge in [-0.05, 0) is 49.4 Å². The molecule has 10 nitrogen and oxygen atoms in total. The van der Waals surface area contributed by atoms with E-state index in [4.69, 9.17) is 4.74 Å². The number of aliphatic hydroxyl groups excluding tert-OH is 1. The second-order valence-electron chi connectivity index (χ2n) is 10.1. The van der Waals surface area contributed by atoms with Crippen molar-refractivity contribution in [2.45, 2.75) is 32.4 Å². The Morgan fingerprint density at radius 3 is 2.52 bits per heavy atom. The Kier molecular flexibility index (Phi) is 9.34. The van der Waals surface area contributed by atoms with Crippen molar-refractivity contribution in [1.82, 2.24) is 14.8 Å². The lowest BCUT2D eigenvalue weighted by Gasteiger charge is -2.34. The molecule has 10 heteroatoms. The number of carbonyl (C=O) groups is 3. The van der Waals surface area contributed by atoms with E-state index in [1.807, 2.05) is 37.3 Å². The summed E-state index contributed by atoms with van der Waals surface area (Å²) < 4.78 is 6.47. The van der Waals surface area contributed by atoms with Crippen LogP contribution in [0.5, 0.6) is 5.75 Å². The summed E-state index contributed by atoms with van der Waals surface area (Å²) in [4.78, 5) is 46.2. The van der Waals surface area contributed by atoms with E-state index in [1.54, 1.807) is 66.5 Å². The highest BCUT2D eigenvalue weighted by Gasteiger charge is 2.32. The van der Waals surface area contributed by atoms with Gasteiger partial charge in [0, 0.05) is 54.4 Å². The molecule has 1 aliphatic heterocycles. The van der Waals surface area contributed by atoms with Crippen molar-refractivity contribution in [3.8, 4) is 5.75 Å². The molecule has 0 saturated carbocycles. The number of anilines is 2. The van der Waals surface area contributed by atoms with Crippen molar-refractivity contribution >= 4 is 29.2 Å². The number of hydrogen-bond acceptors (Lipinski definition) is 6. The van der Waals surface area contributed by atoms with Crippen LogP contribution in [0.15, 0.2) is 73.1 Å². The topological polar surface area (TPSA) is 124 Å². The van der Waals surface area contributed by atoms with E-state index in [0.29, 0.717) is 34.8 Å². The lowest BCUT2D eigenvalue weighted by atomic mass is 10.0. The standard InChI is InChI=1S/C30H35N5O5/c1-20-17-35(21(2)19-36)28(37)16-23-15-25(32-29(38)22-11-13-31-14-12-22)9-10-26(23)40-27(20)18-34(3)30(39)33-24-7-5-4-6-8-24/h4-15,20-21,27,36H,16-19H2,1-3H3,(H,32,38)(H,33,39)/t20-,21-,27-/m0/s1. The van der Waals surface area contributed by atoms with Crippen LogP contribution in [0, 0.1) is 5.92 Å². The normalized spacial score (nSPS) is 17.8. The lowest BCUT2D eigenvalue weighted by molar-refractivity contribution is -0.134. The van der Waals surface area contributed by atoms with Gasteiger partial charge in [-0.15, -0.1) is 0 Å². The number of benzene rings is 2. The molecule has 3 aromatic rings. The number of pyridine rings is 1. The Morgan fingerprint density at radius 1 is 1.10 bits per heavy atom. The summed E-state index contributed by atoms with van der Waals surface area (Å²) in [5.74, 6) is -0.123. The molecule has 0 bridgehead atoms. The van der Waals surface area contributed by atoms with Crippen LogP contribution in [0.1, 0.15) is 29.8 Å². The molecule has 0 fully saturated rings. The van der Waals surface area contributed by atoms with Gasteiger partial charge in [-0.3, -0.25) is 14.6 Å². The zero-order chi connectivity index (χ0) is 28.6. The van der Waals surface area contributed by atoms with Crippen molar-refractivity contribution in [2.75, 3.05) is 37.4 Å². The third kappa shape index (κ3) is 7.15. The maximum atomic E-state index is 13.4. The third-order valence-electron chi connectivity index (χ3n) is 6.94. The van der Waals surface area contributed by atoms with E-state index >= 15 is 0 Å². The van der Waals surface area contributed by atoms with Crippen LogP contribution in [-0.4, -0.2) is 76.6 Å². The first kappa shape index (κ1) is 28.6. The number of rotatable bonds is 7. The maximum Gasteiger partial charge on any atom is 0.321 e. The van der Waals surface area contributed by atoms with Crippen LogP contribution in [-0.2, 0) is 11.2 Å². The third-order valence-corrected chi connectivity index (χ3v) is 6.94. The highest BCUT2D eigenvalue weighted by molar-refractivity contribution is 6.04. The summed E-state index contributed by atoms with van der Waals surface area (Å²) in [5, 5.41) is 15.6. The van der Waals surface area contributed by atoms with Gasteiger partial charge in [-0.1, -0.05) is 25.1 Å². The van der Waals surface area contributed by atoms with Gasteiger partial charge in [-0.25, -0.2) is 4.79 Å². The van der Waals surface area contributed by atoms with Gasteiger partial charge < -0.3 is 30.3 Å². The number of aromatic nitrogens is 1. The molecule has 210 valence electrons. The molecule has 2 aromatic carbocycles. The second-order valence-corrected chi connectivity index (χ2v) is 10.1. The highest BCUT2D eigenvalue weighted by atomic mass is 16.5. The minimum absolute atomic E-state index is 0.0302. The summed E-state index contributed by atoms with van der Waals surface area (Å²) in [7, 11) is 1.69. The molecule has 4 rings (SSSR count). The first-order chi connectivity index (χ1) is 19.2. The second kappa shape index (κ2) is 13.1. The van der Waals surface area contributed by atoms with Crippen LogP contribution in [0.4, 0.5) is 16.2 Å². The molecule has 1 aromatic heterocycles. The van der Waals surface area contributed by atoms with Crippen LogP contribution in [0.25, 0.3) is 0 Å². The predicted octanol–water partition coefficient (Wildman–Crippen LogP) is 3.65. The van der Waals surface area contributed by atoms with Crippen LogP contribution < -0.4 is 15.4 Å². The maximum absolute atomic E-state index is 13.4. The quantitative estimate of drug-likeness (QED) is 0.416. The number of aliphatic hydroxyl groups is 1. The molecule has 0 aliphatic carbocycles. The zero-order valence-corrected chi connectivity index (χ0v) is 22.9. The minimum Gasteiger partial charge on any atom is -0.488 e. The van der Waals surface area contributed by atoms with Crippen molar-refractivity contribution in [1.29, 1.82) is 0 Å². The van der Waals surface area contributed by atoms with E-state index in [9.17, 15) is 19.5 Å². The fourth-order valence-electron chi connectivity index (χ4n) is 4.52. The summed E-state index contributed by atoms with van der Waals surface area (Å²) in [6.45, 7) is 4.18. The number of likely N-dealkylation sites (N-methyl/N-ethyl adjacent to an activating group) is 1. The summed E-state index contributed by atoms with van der Waals surface area (Å²) in [6.07, 6.45) is 2.66. The van der Waals surface area contributed by atoms with Gasteiger partial charge in [-0.2, -0.15) is 0 Å². The molecule has 4 amide bonds. The summed E-state index contributed by atoms with van der Waals surface area (Å²) >= 11 is 0. The number of ether oxygens (including phenoxy) is 1. The number of carbonyl (C=O) groups excluding carboxylic acids is 3. The molecular formula is C30H35N5O5. The fourth-order valence-corrected chi connectivity index (χ4v) is 4.52. The molecule has 3 atom stereocenters. The Balaban J connectivity index is 1.59. The van der Waals surface area contributed by atoms with Gasteiger partial charge in [0.25, 0.3) is 5.91 Å². The van der Waals surface area contributed by atoms with Gasteiger partial charge in [0.1, 0.15) is 11.9 Å². The number of amides is 4. The van der Waals surface area contributed by atoms with Gasteiger partial charge in [0.05, 0.1) is 25.6 Å². The minimum atomic E-state index is -0.457. The van der Waals surface area contributed by atoms with Crippen molar-refractivity contribution in [3.63, 3.8) is 0 Å².